The Morgan fingerprint density at radius 1 is 1.11 bits per heavy atom. The molecule has 4 nitrogen and oxygen atoms in total. The Kier molecular flexibility index (Phi) is 6.35. The van der Waals surface area contributed by atoms with Crippen LogP contribution >= 0.6 is 0 Å². The van der Waals surface area contributed by atoms with Crippen LogP contribution in [0.4, 0.5) is 5.69 Å². The summed E-state index contributed by atoms with van der Waals surface area (Å²) in [5.41, 5.74) is 2.45. The maximum absolute atomic E-state index is 13.9. The number of ether oxygens (including phenoxy) is 1. The fourth-order valence-electron chi connectivity index (χ4n) is 8.57. The molecular weight excluding hydrogens is 458 g/mol. The summed E-state index contributed by atoms with van der Waals surface area (Å²) in [5.74, 6) is 0.923. The van der Waals surface area contributed by atoms with Gasteiger partial charge in [0, 0.05) is 5.69 Å². The number of para-hydroxylation sites is 1. The third kappa shape index (κ3) is 4.05. The molecule has 0 bridgehead atoms. The van der Waals surface area contributed by atoms with Crippen LogP contribution in [0.15, 0.2) is 49.1 Å². The molecule has 0 unspecified atom stereocenters. The first-order valence-corrected chi connectivity index (χ1v) is 14.4. The van der Waals surface area contributed by atoms with Crippen molar-refractivity contribution in [1.82, 2.24) is 0 Å². The highest BCUT2D eigenvalue weighted by atomic mass is 16.5. The average Bonchev–Trinajstić information content (AvgIpc) is 3.12. The SMILES string of the molecule is C=CC(C)(C)N1C(=O)[C@H](C[C@@H]2CC[C@H]3[C@]4(C)CC[C@@H](C(C)(C)O)O[C@H]4CC[C@]3(C)C2=C)c2ccccc21. The van der Waals surface area contributed by atoms with Crippen molar-refractivity contribution in [3.63, 3.8) is 0 Å². The molecule has 3 fully saturated rings. The van der Waals surface area contributed by atoms with Crippen molar-refractivity contribution in [3.8, 4) is 0 Å². The molecule has 2 aliphatic carbocycles. The van der Waals surface area contributed by atoms with E-state index in [1.165, 1.54) is 5.57 Å². The number of rotatable bonds is 5. The molecule has 0 aromatic heterocycles. The zero-order chi connectivity index (χ0) is 27.0. The quantitative estimate of drug-likeness (QED) is 0.431. The number of fused-ring (bicyclic) bond motifs is 4. The summed E-state index contributed by atoms with van der Waals surface area (Å²) in [6.07, 6.45) is 9.10. The minimum atomic E-state index is -0.804. The van der Waals surface area contributed by atoms with E-state index >= 15 is 0 Å². The average molecular weight is 506 g/mol. The topological polar surface area (TPSA) is 49.8 Å². The molecule has 2 aliphatic heterocycles. The maximum Gasteiger partial charge on any atom is 0.235 e. The second kappa shape index (κ2) is 8.81. The number of hydrogen-bond acceptors (Lipinski definition) is 3. The number of allylic oxidation sites excluding steroid dienone is 1. The third-order valence-corrected chi connectivity index (χ3v) is 11.0. The molecule has 1 aromatic rings. The molecule has 0 spiro atoms. The number of aliphatic hydroxyl groups is 1. The van der Waals surface area contributed by atoms with Gasteiger partial charge in [0.15, 0.2) is 0 Å². The smallest absolute Gasteiger partial charge is 0.235 e. The summed E-state index contributed by atoms with van der Waals surface area (Å²) in [7, 11) is 0. The van der Waals surface area contributed by atoms with Crippen LogP contribution in [0.1, 0.15) is 98.0 Å². The second-order valence-corrected chi connectivity index (χ2v) is 14.0. The van der Waals surface area contributed by atoms with Crippen molar-refractivity contribution in [2.45, 2.75) is 116 Å². The van der Waals surface area contributed by atoms with Crippen LogP contribution in [0.2, 0.25) is 0 Å². The highest BCUT2D eigenvalue weighted by Gasteiger charge is 2.60. The second-order valence-electron chi connectivity index (χ2n) is 14.0. The highest BCUT2D eigenvalue weighted by Crippen LogP contribution is 2.65. The Labute approximate surface area is 224 Å². The van der Waals surface area contributed by atoms with E-state index in [-0.39, 0.29) is 34.9 Å². The molecule has 0 radical (unpaired) electrons. The molecule has 4 aliphatic rings. The number of nitrogens with zero attached hydrogens (tertiary/aromatic N) is 1. The van der Waals surface area contributed by atoms with Crippen LogP contribution in [-0.4, -0.2) is 34.4 Å². The molecule has 1 aromatic carbocycles. The van der Waals surface area contributed by atoms with E-state index in [1.807, 2.05) is 30.9 Å². The van der Waals surface area contributed by atoms with E-state index in [2.05, 4.69) is 52.5 Å². The predicted octanol–water partition coefficient (Wildman–Crippen LogP) is 7.18. The summed E-state index contributed by atoms with van der Waals surface area (Å²) < 4.78 is 6.59. The van der Waals surface area contributed by atoms with Crippen LogP contribution in [0.3, 0.4) is 0 Å². The van der Waals surface area contributed by atoms with Crippen molar-refractivity contribution >= 4 is 11.6 Å². The Morgan fingerprint density at radius 3 is 2.49 bits per heavy atom. The maximum atomic E-state index is 13.9. The number of hydrogen-bond donors (Lipinski definition) is 1. The number of carbonyl (C=O) groups is 1. The lowest BCUT2D eigenvalue weighted by Crippen LogP contribution is -2.60. The predicted molar refractivity (Wildman–Crippen MR) is 151 cm³/mol. The first kappa shape index (κ1) is 26.7. The van der Waals surface area contributed by atoms with Gasteiger partial charge in [-0.3, -0.25) is 4.79 Å². The van der Waals surface area contributed by atoms with Gasteiger partial charge in [-0.1, -0.05) is 50.3 Å². The van der Waals surface area contributed by atoms with E-state index < -0.39 is 11.1 Å². The Balaban J connectivity index is 1.38. The van der Waals surface area contributed by atoms with Gasteiger partial charge in [0.2, 0.25) is 5.91 Å². The van der Waals surface area contributed by atoms with Crippen molar-refractivity contribution in [2.24, 2.45) is 22.7 Å². The number of benzene rings is 1. The zero-order valence-electron chi connectivity index (χ0n) is 23.8. The van der Waals surface area contributed by atoms with Crippen LogP contribution in [-0.2, 0) is 9.53 Å². The van der Waals surface area contributed by atoms with E-state index in [9.17, 15) is 9.90 Å². The minimum absolute atomic E-state index is 0.0559. The van der Waals surface area contributed by atoms with Gasteiger partial charge < -0.3 is 14.7 Å². The van der Waals surface area contributed by atoms with Gasteiger partial charge in [0.1, 0.15) is 0 Å². The first-order chi connectivity index (χ1) is 17.2. The summed E-state index contributed by atoms with van der Waals surface area (Å²) in [6.45, 7) is 21.5. The van der Waals surface area contributed by atoms with Crippen molar-refractivity contribution in [2.75, 3.05) is 4.90 Å². The third-order valence-electron chi connectivity index (χ3n) is 11.0. The lowest BCUT2D eigenvalue weighted by molar-refractivity contribution is -0.228. The van der Waals surface area contributed by atoms with Crippen molar-refractivity contribution in [3.05, 3.63) is 54.6 Å². The van der Waals surface area contributed by atoms with Gasteiger partial charge in [-0.05, 0) is 107 Å². The number of anilines is 1. The largest absolute Gasteiger partial charge is 0.388 e. The Morgan fingerprint density at radius 2 is 1.81 bits per heavy atom. The van der Waals surface area contributed by atoms with Gasteiger partial charge >= 0.3 is 0 Å². The van der Waals surface area contributed by atoms with Crippen LogP contribution < -0.4 is 4.90 Å². The number of carbonyl (C=O) groups excluding carboxylic acids is 1. The fraction of sp³-hybridized carbons (Fsp3) is 0.667. The van der Waals surface area contributed by atoms with Gasteiger partial charge in [-0.25, -0.2) is 0 Å². The molecule has 1 amide bonds. The lowest BCUT2D eigenvalue weighted by atomic mass is 9.45. The fourth-order valence-corrected chi connectivity index (χ4v) is 8.57. The minimum Gasteiger partial charge on any atom is -0.388 e. The molecule has 5 rings (SSSR count). The molecule has 1 N–H and O–H groups in total. The van der Waals surface area contributed by atoms with Crippen molar-refractivity contribution in [1.29, 1.82) is 0 Å². The zero-order valence-corrected chi connectivity index (χ0v) is 23.8. The van der Waals surface area contributed by atoms with E-state index in [1.54, 1.807) is 0 Å². The standard InChI is InChI=1S/C33H47NO3/c1-9-30(3,4)34-25-13-11-10-12-23(25)24(29(34)35)20-22-14-15-26-32(7,21(22)2)18-17-28-33(26,8)19-16-27(37-28)31(5,6)36/h9-13,22,24,26-28,36H,1-2,14-20H2,3-8H3/t22-,24+,26+,27-,28-,32+,33-/m0/s1. The monoisotopic (exact) mass is 505 g/mol. The summed E-state index contributed by atoms with van der Waals surface area (Å²) >= 11 is 0. The van der Waals surface area contributed by atoms with Gasteiger partial charge in [-0.2, -0.15) is 0 Å². The first-order valence-electron chi connectivity index (χ1n) is 14.4. The molecule has 4 heteroatoms. The van der Waals surface area contributed by atoms with E-state index in [0.29, 0.717) is 11.8 Å². The number of amides is 1. The van der Waals surface area contributed by atoms with Crippen LogP contribution in [0, 0.1) is 22.7 Å². The summed E-state index contributed by atoms with van der Waals surface area (Å²) in [6, 6.07) is 8.30. The lowest BCUT2D eigenvalue weighted by Gasteiger charge is -2.62. The van der Waals surface area contributed by atoms with Gasteiger partial charge in [0.25, 0.3) is 0 Å². The Hall–Kier alpha value is -1.91. The van der Waals surface area contributed by atoms with Gasteiger partial charge in [0.05, 0.1) is 29.3 Å². The van der Waals surface area contributed by atoms with Crippen LogP contribution in [0.5, 0.6) is 0 Å². The molecule has 1 saturated heterocycles. The Bertz CT molecular complexity index is 1100. The normalized spacial score (nSPS) is 38.1. The van der Waals surface area contributed by atoms with Gasteiger partial charge in [-0.15, -0.1) is 6.58 Å². The molecule has 37 heavy (non-hydrogen) atoms. The summed E-state index contributed by atoms with van der Waals surface area (Å²) in [4.78, 5) is 15.8. The molecule has 2 heterocycles. The molecular formula is C33H47NO3. The van der Waals surface area contributed by atoms with E-state index in [0.717, 1.165) is 56.2 Å². The highest BCUT2D eigenvalue weighted by molar-refractivity contribution is 6.06. The van der Waals surface area contributed by atoms with Crippen LogP contribution in [0.25, 0.3) is 0 Å². The molecule has 2 saturated carbocycles. The van der Waals surface area contributed by atoms with E-state index in [4.69, 9.17) is 11.3 Å². The molecule has 202 valence electrons. The summed E-state index contributed by atoms with van der Waals surface area (Å²) in [5, 5.41) is 10.6. The molecule has 7 atom stereocenters. The van der Waals surface area contributed by atoms with Crippen molar-refractivity contribution < 1.29 is 14.6 Å².